The summed E-state index contributed by atoms with van der Waals surface area (Å²) in [6, 6.07) is 5.72. The van der Waals surface area contributed by atoms with Crippen LogP contribution in [0.1, 0.15) is 19.4 Å². The summed E-state index contributed by atoms with van der Waals surface area (Å²) >= 11 is 0. The number of pyridine rings is 1. The Bertz CT molecular complexity index is 253. The number of nitrogens with zero attached hydrogens (tertiary/aromatic N) is 2. The van der Waals surface area contributed by atoms with Crippen molar-refractivity contribution in [3.8, 4) is 0 Å². The first kappa shape index (κ1) is 12.4. The van der Waals surface area contributed by atoms with Gasteiger partial charge in [0.25, 0.3) is 0 Å². The Labute approximate surface area is 84.8 Å². The highest BCUT2D eigenvalue weighted by molar-refractivity contribution is 4.94. The predicted molar refractivity (Wildman–Crippen MR) is 56.8 cm³/mol. The highest BCUT2D eigenvalue weighted by atomic mass is 16.5. The number of hydrogen-bond donors (Lipinski definition) is 0. The topological polar surface area (TPSA) is 38.9 Å². The average molecular weight is 192 g/mol. The van der Waals surface area contributed by atoms with E-state index in [0.29, 0.717) is 0 Å². The summed E-state index contributed by atoms with van der Waals surface area (Å²) in [4.78, 5) is 3.78. The first-order chi connectivity index (χ1) is 6.89. The van der Waals surface area contributed by atoms with Crippen LogP contribution in [0.25, 0.3) is 0 Å². The van der Waals surface area contributed by atoms with Crippen molar-refractivity contribution in [3.63, 3.8) is 0 Å². The van der Waals surface area contributed by atoms with Crippen LogP contribution in [0.3, 0.4) is 0 Å². The standard InChI is InChI=1S/C5H5N.C4H5NO.C2H6/c1-2-4-6-5-3-1;1-4-2-5-6-3-4;1-2/h1-5H;2-3H,1H3;1-2H3. The number of aryl methyl sites for hydroxylation is 1. The van der Waals surface area contributed by atoms with Crippen molar-refractivity contribution in [1.82, 2.24) is 10.1 Å². The van der Waals surface area contributed by atoms with Gasteiger partial charge in [0.2, 0.25) is 0 Å². The quantitative estimate of drug-likeness (QED) is 0.643. The fourth-order valence-corrected chi connectivity index (χ4v) is 0.570. The second-order valence-corrected chi connectivity index (χ2v) is 2.23. The van der Waals surface area contributed by atoms with Crippen molar-refractivity contribution >= 4 is 0 Å². The van der Waals surface area contributed by atoms with Crippen molar-refractivity contribution in [2.75, 3.05) is 0 Å². The van der Waals surface area contributed by atoms with E-state index in [1.54, 1.807) is 24.9 Å². The predicted octanol–water partition coefficient (Wildman–Crippen LogP) is 3.09. The van der Waals surface area contributed by atoms with Gasteiger partial charge in [0.15, 0.2) is 0 Å². The molecule has 0 unspecified atom stereocenters. The van der Waals surface area contributed by atoms with Gasteiger partial charge in [-0.05, 0) is 19.1 Å². The van der Waals surface area contributed by atoms with Crippen molar-refractivity contribution in [2.24, 2.45) is 0 Å². The van der Waals surface area contributed by atoms with E-state index in [1.807, 2.05) is 39.0 Å². The number of hydrogen-bond acceptors (Lipinski definition) is 3. The van der Waals surface area contributed by atoms with Gasteiger partial charge in [0.1, 0.15) is 6.26 Å². The third kappa shape index (κ3) is 7.03. The van der Waals surface area contributed by atoms with Crippen molar-refractivity contribution in [1.29, 1.82) is 0 Å². The largest absolute Gasteiger partial charge is 0.365 e. The molecule has 0 aromatic carbocycles. The second-order valence-electron chi connectivity index (χ2n) is 2.23. The molecule has 0 bridgehead atoms. The van der Waals surface area contributed by atoms with Crippen LogP contribution in [-0.4, -0.2) is 10.1 Å². The van der Waals surface area contributed by atoms with Crippen molar-refractivity contribution in [3.05, 3.63) is 48.6 Å². The van der Waals surface area contributed by atoms with Gasteiger partial charge in [-0.1, -0.05) is 25.1 Å². The minimum Gasteiger partial charge on any atom is -0.365 e. The van der Waals surface area contributed by atoms with E-state index in [-0.39, 0.29) is 0 Å². The van der Waals surface area contributed by atoms with Gasteiger partial charge in [-0.25, -0.2) is 0 Å². The zero-order valence-corrected chi connectivity index (χ0v) is 8.84. The van der Waals surface area contributed by atoms with Gasteiger partial charge in [0.05, 0.1) is 6.20 Å². The van der Waals surface area contributed by atoms with E-state index in [9.17, 15) is 0 Å². The molecule has 0 radical (unpaired) electrons. The molecule has 3 heteroatoms. The molecule has 0 saturated carbocycles. The normalized spacial score (nSPS) is 7.64. The lowest BCUT2D eigenvalue weighted by Crippen LogP contribution is -1.58. The zero-order valence-electron chi connectivity index (χ0n) is 8.84. The van der Waals surface area contributed by atoms with Crippen LogP contribution in [0, 0.1) is 6.92 Å². The molecule has 0 aliphatic carbocycles. The molecule has 0 atom stereocenters. The molecule has 14 heavy (non-hydrogen) atoms. The van der Waals surface area contributed by atoms with E-state index in [4.69, 9.17) is 0 Å². The maximum atomic E-state index is 4.46. The fraction of sp³-hybridized carbons (Fsp3) is 0.273. The second kappa shape index (κ2) is 9.45. The SMILES string of the molecule is CC.Cc1cnoc1.c1ccncc1. The van der Waals surface area contributed by atoms with Crippen LogP contribution in [0.5, 0.6) is 0 Å². The summed E-state index contributed by atoms with van der Waals surface area (Å²) in [6.07, 6.45) is 6.76. The van der Waals surface area contributed by atoms with E-state index in [2.05, 4.69) is 14.7 Å². The third-order valence-electron chi connectivity index (χ3n) is 1.12. The molecule has 2 heterocycles. The first-order valence-electron chi connectivity index (χ1n) is 4.60. The van der Waals surface area contributed by atoms with Crippen LogP contribution in [-0.2, 0) is 0 Å². The maximum absolute atomic E-state index is 4.46. The highest BCUT2D eigenvalue weighted by Crippen LogP contribution is 1.88. The van der Waals surface area contributed by atoms with Crippen LogP contribution < -0.4 is 0 Å². The first-order valence-corrected chi connectivity index (χ1v) is 4.60. The van der Waals surface area contributed by atoms with Gasteiger partial charge < -0.3 is 4.52 Å². The summed E-state index contributed by atoms with van der Waals surface area (Å²) in [7, 11) is 0. The molecule has 0 amide bonds. The number of aromatic nitrogens is 2. The summed E-state index contributed by atoms with van der Waals surface area (Å²) in [6.45, 7) is 5.93. The molecule has 2 aromatic rings. The molecule has 76 valence electrons. The average Bonchev–Trinajstić information content (AvgIpc) is 2.76. The molecule has 0 N–H and O–H groups in total. The van der Waals surface area contributed by atoms with Crippen LogP contribution >= 0.6 is 0 Å². The summed E-state index contributed by atoms with van der Waals surface area (Å²) in [5.74, 6) is 0. The van der Waals surface area contributed by atoms with Crippen LogP contribution in [0.15, 0.2) is 47.6 Å². The molecule has 0 saturated heterocycles. The Hall–Kier alpha value is -1.64. The van der Waals surface area contributed by atoms with Gasteiger partial charge in [-0.15, -0.1) is 0 Å². The van der Waals surface area contributed by atoms with Crippen molar-refractivity contribution < 1.29 is 4.52 Å². The Balaban J connectivity index is 0.000000206. The molecule has 0 fully saturated rings. The Kier molecular flexibility index (Phi) is 8.34. The lowest BCUT2D eigenvalue weighted by Gasteiger charge is -1.70. The smallest absolute Gasteiger partial charge is 0.126 e. The van der Waals surface area contributed by atoms with E-state index < -0.39 is 0 Å². The monoisotopic (exact) mass is 192 g/mol. The number of rotatable bonds is 0. The Morgan fingerprint density at radius 3 is 1.86 bits per heavy atom. The minimum atomic E-state index is 1.06. The molecule has 0 spiro atoms. The van der Waals surface area contributed by atoms with Gasteiger partial charge in [-0.3, -0.25) is 4.98 Å². The minimum absolute atomic E-state index is 1.06. The molecule has 0 aliphatic rings. The van der Waals surface area contributed by atoms with Crippen LogP contribution in [0.4, 0.5) is 0 Å². The van der Waals surface area contributed by atoms with Gasteiger partial charge in [-0.2, -0.15) is 0 Å². The fourth-order valence-electron chi connectivity index (χ4n) is 0.570. The Morgan fingerprint density at radius 1 is 1.07 bits per heavy atom. The molecular weight excluding hydrogens is 176 g/mol. The third-order valence-corrected chi connectivity index (χ3v) is 1.12. The van der Waals surface area contributed by atoms with Gasteiger partial charge in [0, 0.05) is 18.0 Å². The van der Waals surface area contributed by atoms with Gasteiger partial charge >= 0.3 is 0 Å². The lowest BCUT2D eigenvalue weighted by molar-refractivity contribution is 0.419. The van der Waals surface area contributed by atoms with E-state index in [1.165, 1.54) is 0 Å². The molecule has 2 aromatic heterocycles. The van der Waals surface area contributed by atoms with E-state index >= 15 is 0 Å². The summed E-state index contributed by atoms with van der Waals surface area (Å²) < 4.78 is 4.46. The molecule has 2 rings (SSSR count). The van der Waals surface area contributed by atoms with E-state index in [0.717, 1.165) is 5.56 Å². The Morgan fingerprint density at radius 2 is 1.71 bits per heavy atom. The summed E-state index contributed by atoms with van der Waals surface area (Å²) in [5, 5.41) is 3.45. The zero-order chi connectivity index (χ0) is 10.6. The molecule has 0 aliphatic heterocycles. The lowest BCUT2D eigenvalue weighted by atomic mass is 10.4. The van der Waals surface area contributed by atoms with Crippen molar-refractivity contribution in [2.45, 2.75) is 20.8 Å². The molecule has 3 nitrogen and oxygen atoms in total. The maximum Gasteiger partial charge on any atom is 0.126 e. The summed E-state index contributed by atoms with van der Waals surface area (Å²) in [5.41, 5.74) is 1.06. The molecular formula is C11H16N2O. The van der Waals surface area contributed by atoms with Crippen LogP contribution in [0.2, 0.25) is 0 Å². The highest BCUT2D eigenvalue weighted by Gasteiger charge is 1.77.